The van der Waals surface area contributed by atoms with Crippen LogP contribution < -0.4 is 15.4 Å². The fraction of sp³-hybridized carbons (Fsp3) is 0.565. The van der Waals surface area contributed by atoms with Gasteiger partial charge in [-0.3, -0.25) is 19.2 Å². The zero-order valence-corrected chi connectivity index (χ0v) is 37.1. The molecule has 0 radical (unpaired) electrons. The maximum absolute atomic E-state index is 13.4. The first-order valence-electron chi connectivity index (χ1n) is 20.3. The van der Waals surface area contributed by atoms with Crippen LogP contribution in [-0.4, -0.2) is 90.4 Å². The molecule has 318 valence electrons. The lowest BCUT2D eigenvalue weighted by molar-refractivity contribution is -0.138. The Kier molecular flexibility index (Phi) is 22.8. The number of methoxy groups -OCH3 is 1. The number of hydrogen-bond acceptors (Lipinski definition) is 8. The molecule has 57 heavy (non-hydrogen) atoms. The Morgan fingerprint density at radius 2 is 1.60 bits per heavy atom. The zero-order chi connectivity index (χ0) is 43.2. The van der Waals surface area contributed by atoms with E-state index in [0.717, 1.165) is 49.4 Å². The summed E-state index contributed by atoms with van der Waals surface area (Å²) in [4.78, 5) is 54.9. The van der Waals surface area contributed by atoms with Crippen LogP contribution in [0.25, 0.3) is 0 Å². The number of amides is 3. The Labute approximate surface area is 343 Å². The molecule has 3 rings (SSSR count). The van der Waals surface area contributed by atoms with E-state index in [9.17, 15) is 19.2 Å². The number of allylic oxidation sites excluding steroid dienone is 2. The normalized spacial score (nSPS) is 14.2. The van der Waals surface area contributed by atoms with Gasteiger partial charge in [-0.25, -0.2) is 0 Å². The van der Waals surface area contributed by atoms with E-state index in [0.29, 0.717) is 12.5 Å². The van der Waals surface area contributed by atoms with Crippen LogP contribution in [0.5, 0.6) is 5.75 Å². The van der Waals surface area contributed by atoms with Gasteiger partial charge in [0, 0.05) is 19.6 Å². The number of piperidine rings is 1. The SMILES string of the molecule is C/C=C/C(=O)[C@@H](COCc1ccccc1)NC(=O)C(C)(C)NC(=O)COC(C)(C)C.CC.CCN(C=C(C)C)C(C(=O)N1CCC(C)CC1)c1cccc(OC)c1. The number of ketones is 1. The van der Waals surface area contributed by atoms with Gasteiger partial charge in [0.05, 0.1) is 25.9 Å². The molecule has 0 bridgehead atoms. The van der Waals surface area contributed by atoms with Crippen molar-refractivity contribution in [2.24, 2.45) is 5.92 Å². The minimum absolute atomic E-state index is 0.0149. The minimum atomic E-state index is -1.23. The highest BCUT2D eigenvalue weighted by Gasteiger charge is 2.33. The van der Waals surface area contributed by atoms with Crippen molar-refractivity contribution in [3.8, 4) is 5.75 Å². The molecule has 11 heteroatoms. The molecule has 1 heterocycles. The fourth-order valence-corrected chi connectivity index (χ4v) is 5.78. The van der Waals surface area contributed by atoms with Crippen molar-refractivity contribution in [3.05, 3.63) is 89.6 Å². The summed E-state index contributed by atoms with van der Waals surface area (Å²) in [7, 11) is 1.66. The van der Waals surface area contributed by atoms with Gasteiger partial charge in [0.2, 0.25) is 17.7 Å². The summed E-state index contributed by atoms with van der Waals surface area (Å²) < 4.78 is 16.5. The standard InChI is InChI=1S/C23H34N2O5.C21H32N2O2.C2H6/c1-7-11-19(26)18(15-29-14-17-12-9-8-10-13-17)24-21(28)23(5,6)25-20(27)16-30-22(2,3)4;1-6-22(15-16(2)3)20(18-8-7-9-19(14-18)25-5)21(24)23-12-10-17(4)11-13-23;1-2/h7-13,18H,14-16H2,1-6H3,(H,24,28)(H,25,27);7-9,14-15,17,20H,6,10-13H2,1-5H3;1-2H3/b11-7+;;/t18-;;/m1../s1. The molecular formula is C46H72N4O7. The number of likely N-dealkylation sites (tertiary alicyclic amines) is 1. The highest BCUT2D eigenvalue weighted by atomic mass is 16.5. The number of nitrogens with one attached hydrogen (secondary N) is 2. The second kappa shape index (κ2) is 25.7. The van der Waals surface area contributed by atoms with E-state index in [1.165, 1.54) is 11.6 Å². The zero-order valence-electron chi connectivity index (χ0n) is 37.1. The van der Waals surface area contributed by atoms with E-state index in [4.69, 9.17) is 14.2 Å². The van der Waals surface area contributed by atoms with Gasteiger partial charge in [0.1, 0.15) is 30.0 Å². The summed E-state index contributed by atoms with van der Waals surface area (Å²) >= 11 is 0. The summed E-state index contributed by atoms with van der Waals surface area (Å²) in [5.41, 5.74) is 1.44. The second-order valence-electron chi connectivity index (χ2n) is 15.7. The fourth-order valence-electron chi connectivity index (χ4n) is 5.78. The molecule has 1 aliphatic rings. The third-order valence-electron chi connectivity index (χ3n) is 8.89. The quantitative estimate of drug-likeness (QED) is 0.156. The first-order valence-corrected chi connectivity index (χ1v) is 20.3. The molecule has 1 aliphatic heterocycles. The average Bonchev–Trinajstić information content (AvgIpc) is 3.17. The third kappa shape index (κ3) is 19.0. The summed E-state index contributed by atoms with van der Waals surface area (Å²) in [6.45, 7) is 25.5. The van der Waals surface area contributed by atoms with E-state index in [-0.39, 0.29) is 30.9 Å². The van der Waals surface area contributed by atoms with E-state index in [1.54, 1.807) is 34.0 Å². The van der Waals surface area contributed by atoms with Crippen LogP contribution >= 0.6 is 0 Å². The molecule has 0 saturated carbocycles. The molecule has 2 N–H and O–H groups in total. The predicted molar refractivity (Wildman–Crippen MR) is 230 cm³/mol. The average molecular weight is 793 g/mol. The predicted octanol–water partition coefficient (Wildman–Crippen LogP) is 7.81. The van der Waals surface area contributed by atoms with Crippen molar-refractivity contribution in [3.63, 3.8) is 0 Å². The largest absolute Gasteiger partial charge is 0.497 e. The van der Waals surface area contributed by atoms with Crippen molar-refractivity contribution in [2.75, 3.05) is 40.0 Å². The number of ether oxygens (including phenoxy) is 3. The molecule has 0 aliphatic carbocycles. The van der Waals surface area contributed by atoms with Crippen molar-refractivity contribution < 1.29 is 33.4 Å². The highest BCUT2D eigenvalue weighted by Crippen LogP contribution is 2.29. The lowest BCUT2D eigenvalue weighted by atomic mass is 9.97. The van der Waals surface area contributed by atoms with Gasteiger partial charge in [0.15, 0.2) is 5.78 Å². The molecule has 0 aromatic heterocycles. The molecular weight excluding hydrogens is 721 g/mol. The number of carbonyl (C=O) groups is 4. The topological polar surface area (TPSA) is 127 Å². The number of rotatable bonds is 17. The van der Waals surface area contributed by atoms with Crippen LogP contribution in [0.15, 0.2) is 78.5 Å². The van der Waals surface area contributed by atoms with Crippen LogP contribution in [0.2, 0.25) is 0 Å². The van der Waals surface area contributed by atoms with Gasteiger partial charge in [-0.15, -0.1) is 0 Å². The first-order chi connectivity index (χ1) is 26.9. The Hall–Kier alpha value is -4.48. The molecule has 2 aromatic rings. The van der Waals surface area contributed by atoms with E-state index in [2.05, 4.69) is 49.4 Å². The lowest BCUT2D eigenvalue weighted by Crippen LogP contribution is -2.59. The van der Waals surface area contributed by atoms with Crippen LogP contribution in [0.3, 0.4) is 0 Å². The van der Waals surface area contributed by atoms with Crippen molar-refractivity contribution >= 4 is 23.5 Å². The molecule has 1 saturated heterocycles. The molecule has 2 aromatic carbocycles. The number of likely N-dealkylation sites (N-methyl/N-ethyl adjacent to an activating group) is 1. The maximum Gasteiger partial charge on any atom is 0.249 e. The van der Waals surface area contributed by atoms with Crippen LogP contribution in [0, 0.1) is 5.92 Å². The maximum atomic E-state index is 13.4. The summed E-state index contributed by atoms with van der Waals surface area (Å²) in [5.74, 6) is 0.506. The smallest absolute Gasteiger partial charge is 0.249 e. The minimum Gasteiger partial charge on any atom is -0.497 e. The van der Waals surface area contributed by atoms with Gasteiger partial charge in [0.25, 0.3) is 0 Å². The van der Waals surface area contributed by atoms with Gasteiger partial charge in [-0.05, 0) is 117 Å². The van der Waals surface area contributed by atoms with E-state index < -0.39 is 29.0 Å². The van der Waals surface area contributed by atoms with E-state index >= 15 is 0 Å². The Morgan fingerprint density at radius 3 is 2.14 bits per heavy atom. The van der Waals surface area contributed by atoms with Crippen molar-refractivity contribution in [2.45, 2.75) is 126 Å². The van der Waals surface area contributed by atoms with Crippen LogP contribution in [0.1, 0.15) is 113 Å². The molecule has 1 fully saturated rings. The third-order valence-corrected chi connectivity index (χ3v) is 8.89. The second-order valence-corrected chi connectivity index (χ2v) is 15.7. The molecule has 0 spiro atoms. The molecule has 1 unspecified atom stereocenters. The van der Waals surface area contributed by atoms with E-state index in [1.807, 2.05) is 94.1 Å². The Morgan fingerprint density at radius 1 is 0.965 bits per heavy atom. The van der Waals surface area contributed by atoms with Gasteiger partial charge < -0.3 is 34.6 Å². The van der Waals surface area contributed by atoms with Crippen molar-refractivity contribution in [1.82, 2.24) is 20.4 Å². The molecule has 2 atom stereocenters. The number of benzene rings is 2. The summed E-state index contributed by atoms with van der Waals surface area (Å²) in [6, 6.07) is 16.3. The highest BCUT2D eigenvalue weighted by molar-refractivity contribution is 5.99. The first kappa shape index (κ1) is 50.5. The van der Waals surface area contributed by atoms with Gasteiger partial charge in [-0.2, -0.15) is 0 Å². The Balaban J connectivity index is 0.000000553. The Bertz CT molecular complexity index is 1570. The molecule has 11 nitrogen and oxygen atoms in total. The monoisotopic (exact) mass is 793 g/mol. The molecule has 3 amide bonds. The number of hydrogen-bond donors (Lipinski definition) is 2. The van der Waals surface area contributed by atoms with Crippen LogP contribution in [0.4, 0.5) is 0 Å². The van der Waals surface area contributed by atoms with Crippen molar-refractivity contribution in [1.29, 1.82) is 0 Å². The summed E-state index contributed by atoms with van der Waals surface area (Å²) in [6.07, 6.45) is 7.26. The lowest BCUT2D eigenvalue weighted by Gasteiger charge is -2.37. The summed E-state index contributed by atoms with van der Waals surface area (Å²) in [5, 5.41) is 5.33. The number of carbonyl (C=O) groups excluding carboxylic acids is 4. The van der Waals surface area contributed by atoms with Gasteiger partial charge >= 0.3 is 0 Å². The van der Waals surface area contributed by atoms with Gasteiger partial charge in [-0.1, -0.05) is 74.9 Å². The number of nitrogens with zero attached hydrogens (tertiary/aromatic N) is 2. The van der Waals surface area contributed by atoms with Crippen LogP contribution in [-0.2, 0) is 35.3 Å².